The molecular weight excluding hydrogens is 355 g/mol. The van der Waals surface area contributed by atoms with E-state index >= 15 is 0 Å². The number of nitrogens with one attached hydrogen (secondary N) is 2. The molecule has 1 heterocycles. The Morgan fingerprint density at radius 3 is 2.46 bits per heavy atom. The maximum absolute atomic E-state index is 13.5. The van der Waals surface area contributed by atoms with Crippen LogP contribution in [0.1, 0.15) is 15.9 Å². The highest BCUT2D eigenvalue weighted by molar-refractivity contribution is 6.33. The van der Waals surface area contributed by atoms with Gasteiger partial charge in [0.1, 0.15) is 5.82 Å². The number of nitrogens with zero attached hydrogens (tertiary/aromatic N) is 2. The Hall–Kier alpha value is -2.99. The molecule has 5 nitrogen and oxygen atoms in total. The SMILES string of the molecule is O=C(NCCc1ccccc1F)c1cnc(Nc2ccccc2Cl)nc1. The van der Waals surface area contributed by atoms with Crippen LogP contribution in [0.2, 0.25) is 5.02 Å². The highest BCUT2D eigenvalue weighted by atomic mass is 35.5. The van der Waals surface area contributed by atoms with E-state index < -0.39 is 0 Å². The van der Waals surface area contributed by atoms with Crippen molar-refractivity contribution in [2.75, 3.05) is 11.9 Å². The van der Waals surface area contributed by atoms with E-state index in [1.807, 2.05) is 12.1 Å². The largest absolute Gasteiger partial charge is 0.352 e. The molecule has 132 valence electrons. The van der Waals surface area contributed by atoms with Crippen molar-refractivity contribution in [3.05, 3.63) is 82.9 Å². The maximum Gasteiger partial charge on any atom is 0.254 e. The van der Waals surface area contributed by atoms with Gasteiger partial charge in [0.05, 0.1) is 16.3 Å². The molecule has 0 spiro atoms. The van der Waals surface area contributed by atoms with Crippen molar-refractivity contribution in [1.29, 1.82) is 0 Å². The molecule has 2 N–H and O–H groups in total. The van der Waals surface area contributed by atoms with E-state index in [2.05, 4.69) is 20.6 Å². The van der Waals surface area contributed by atoms with Gasteiger partial charge in [0, 0.05) is 18.9 Å². The summed E-state index contributed by atoms with van der Waals surface area (Å²) in [5.41, 5.74) is 1.56. The molecule has 0 aliphatic carbocycles. The lowest BCUT2D eigenvalue weighted by atomic mass is 10.1. The lowest BCUT2D eigenvalue weighted by molar-refractivity contribution is 0.0953. The van der Waals surface area contributed by atoms with E-state index in [-0.39, 0.29) is 11.7 Å². The standard InChI is InChI=1S/C19H16ClFN4O/c20-15-6-2-4-8-17(15)25-19-23-11-14(12-24-19)18(26)22-10-9-13-5-1-3-7-16(13)21/h1-8,11-12H,9-10H2,(H,22,26)(H,23,24,25). The molecule has 1 amide bonds. The summed E-state index contributed by atoms with van der Waals surface area (Å²) in [6, 6.07) is 13.7. The number of benzene rings is 2. The van der Waals surface area contributed by atoms with Gasteiger partial charge in [-0.3, -0.25) is 4.79 Å². The molecule has 0 radical (unpaired) electrons. The van der Waals surface area contributed by atoms with E-state index in [1.165, 1.54) is 18.5 Å². The van der Waals surface area contributed by atoms with E-state index in [9.17, 15) is 9.18 Å². The lowest BCUT2D eigenvalue weighted by Gasteiger charge is -2.08. The Bertz CT molecular complexity index is 902. The zero-order chi connectivity index (χ0) is 18.4. The van der Waals surface area contributed by atoms with Crippen LogP contribution in [0.5, 0.6) is 0 Å². The van der Waals surface area contributed by atoms with Crippen molar-refractivity contribution >= 4 is 29.1 Å². The predicted octanol–water partition coefficient (Wildman–Crippen LogP) is 3.99. The minimum absolute atomic E-state index is 0.278. The Labute approximate surface area is 155 Å². The fourth-order valence-corrected chi connectivity index (χ4v) is 2.49. The molecule has 0 atom stereocenters. The molecule has 0 bridgehead atoms. The summed E-state index contributed by atoms with van der Waals surface area (Å²) in [4.78, 5) is 20.3. The van der Waals surface area contributed by atoms with Crippen LogP contribution in [0.15, 0.2) is 60.9 Å². The van der Waals surface area contributed by atoms with Crippen molar-refractivity contribution in [1.82, 2.24) is 15.3 Å². The molecule has 7 heteroatoms. The Morgan fingerprint density at radius 1 is 1.04 bits per heavy atom. The molecular formula is C19H16ClFN4O. The van der Waals surface area contributed by atoms with Crippen LogP contribution >= 0.6 is 11.6 Å². The number of carbonyl (C=O) groups is 1. The third-order valence-corrected chi connectivity index (χ3v) is 4.00. The van der Waals surface area contributed by atoms with Crippen molar-refractivity contribution in [2.45, 2.75) is 6.42 Å². The van der Waals surface area contributed by atoms with Gasteiger partial charge in [-0.2, -0.15) is 0 Å². The second kappa shape index (κ2) is 8.40. The van der Waals surface area contributed by atoms with Crippen molar-refractivity contribution in [3.8, 4) is 0 Å². The molecule has 3 aromatic rings. The van der Waals surface area contributed by atoms with Crippen molar-refractivity contribution < 1.29 is 9.18 Å². The molecule has 26 heavy (non-hydrogen) atoms. The third kappa shape index (κ3) is 4.55. The van der Waals surface area contributed by atoms with Gasteiger partial charge in [0.25, 0.3) is 5.91 Å². The van der Waals surface area contributed by atoms with Crippen molar-refractivity contribution in [3.63, 3.8) is 0 Å². The number of hydrogen-bond acceptors (Lipinski definition) is 4. The number of rotatable bonds is 6. The van der Waals surface area contributed by atoms with Crippen LogP contribution in [0.3, 0.4) is 0 Å². The van der Waals surface area contributed by atoms with E-state index in [0.717, 1.165) is 0 Å². The first-order chi connectivity index (χ1) is 12.6. The van der Waals surface area contributed by atoms with Crippen LogP contribution in [0, 0.1) is 5.82 Å². The molecule has 0 aliphatic heterocycles. The van der Waals surface area contributed by atoms with Gasteiger partial charge in [-0.05, 0) is 30.2 Å². The summed E-state index contributed by atoms with van der Waals surface area (Å²) >= 11 is 6.07. The number of carbonyl (C=O) groups excluding carboxylic acids is 1. The highest BCUT2D eigenvalue weighted by Gasteiger charge is 2.08. The van der Waals surface area contributed by atoms with Gasteiger partial charge in [0.15, 0.2) is 0 Å². The molecule has 0 unspecified atom stereocenters. The van der Waals surface area contributed by atoms with Crippen LogP contribution in [-0.2, 0) is 6.42 Å². The predicted molar refractivity (Wildman–Crippen MR) is 99.2 cm³/mol. The normalized spacial score (nSPS) is 10.4. The van der Waals surface area contributed by atoms with Crippen LogP contribution in [0.4, 0.5) is 16.0 Å². The number of hydrogen-bond donors (Lipinski definition) is 2. The van der Waals surface area contributed by atoms with E-state index in [1.54, 1.807) is 30.3 Å². The summed E-state index contributed by atoms with van der Waals surface area (Å²) in [6.07, 6.45) is 3.25. The maximum atomic E-state index is 13.5. The minimum Gasteiger partial charge on any atom is -0.352 e. The average Bonchev–Trinajstić information content (AvgIpc) is 2.66. The molecule has 1 aromatic heterocycles. The second-order valence-electron chi connectivity index (χ2n) is 5.50. The van der Waals surface area contributed by atoms with Gasteiger partial charge in [0.2, 0.25) is 5.95 Å². The van der Waals surface area contributed by atoms with Crippen molar-refractivity contribution in [2.24, 2.45) is 0 Å². The number of para-hydroxylation sites is 1. The number of halogens is 2. The molecule has 0 aliphatic rings. The average molecular weight is 371 g/mol. The summed E-state index contributed by atoms with van der Waals surface area (Å²) in [5, 5.41) is 6.25. The molecule has 2 aromatic carbocycles. The highest BCUT2D eigenvalue weighted by Crippen LogP contribution is 2.22. The number of anilines is 2. The fraction of sp³-hybridized carbons (Fsp3) is 0.105. The fourth-order valence-electron chi connectivity index (χ4n) is 2.31. The first kappa shape index (κ1) is 17.8. The van der Waals surface area contributed by atoms with E-state index in [4.69, 9.17) is 11.6 Å². The quantitative estimate of drug-likeness (QED) is 0.688. The molecule has 3 rings (SSSR count). The van der Waals surface area contributed by atoms with Gasteiger partial charge in [-0.1, -0.05) is 41.9 Å². The Balaban J connectivity index is 1.55. The monoisotopic (exact) mass is 370 g/mol. The number of amides is 1. The summed E-state index contributed by atoms with van der Waals surface area (Å²) in [7, 11) is 0. The van der Waals surface area contributed by atoms with Crippen LogP contribution in [-0.4, -0.2) is 22.4 Å². The van der Waals surface area contributed by atoms with Crippen LogP contribution in [0.25, 0.3) is 0 Å². The van der Waals surface area contributed by atoms with Gasteiger partial charge in [-0.15, -0.1) is 0 Å². The lowest BCUT2D eigenvalue weighted by Crippen LogP contribution is -2.26. The first-order valence-corrected chi connectivity index (χ1v) is 8.36. The Morgan fingerprint density at radius 2 is 1.73 bits per heavy atom. The number of aromatic nitrogens is 2. The summed E-state index contributed by atoms with van der Waals surface area (Å²) in [5.74, 6) is -0.258. The third-order valence-electron chi connectivity index (χ3n) is 3.67. The van der Waals surface area contributed by atoms with E-state index in [0.29, 0.717) is 40.8 Å². The topological polar surface area (TPSA) is 66.9 Å². The second-order valence-corrected chi connectivity index (χ2v) is 5.90. The smallest absolute Gasteiger partial charge is 0.254 e. The Kier molecular flexibility index (Phi) is 5.76. The zero-order valence-corrected chi connectivity index (χ0v) is 14.5. The van der Waals surface area contributed by atoms with Crippen LogP contribution < -0.4 is 10.6 Å². The molecule has 0 saturated heterocycles. The van der Waals surface area contributed by atoms with Gasteiger partial charge in [-0.25, -0.2) is 14.4 Å². The molecule has 0 fully saturated rings. The van der Waals surface area contributed by atoms with Gasteiger partial charge < -0.3 is 10.6 Å². The molecule has 0 saturated carbocycles. The van der Waals surface area contributed by atoms with Gasteiger partial charge >= 0.3 is 0 Å². The summed E-state index contributed by atoms with van der Waals surface area (Å²) in [6.45, 7) is 0.319. The summed E-state index contributed by atoms with van der Waals surface area (Å²) < 4.78 is 13.5. The first-order valence-electron chi connectivity index (χ1n) is 7.98. The zero-order valence-electron chi connectivity index (χ0n) is 13.7. The minimum atomic E-state index is -0.314.